The zero-order valence-corrected chi connectivity index (χ0v) is 18.6. The van der Waals surface area contributed by atoms with Gasteiger partial charge in [-0.3, -0.25) is 9.59 Å². The van der Waals surface area contributed by atoms with Gasteiger partial charge in [0.2, 0.25) is 0 Å². The Morgan fingerprint density at radius 3 is 2.64 bits per heavy atom. The van der Waals surface area contributed by atoms with Gasteiger partial charge in [0.25, 0.3) is 5.56 Å². The van der Waals surface area contributed by atoms with E-state index in [2.05, 4.69) is 10.6 Å². The number of carboxylic acids is 1. The Morgan fingerprint density at radius 1 is 1.06 bits per heavy atom. The molecule has 8 heteroatoms. The van der Waals surface area contributed by atoms with Crippen molar-refractivity contribution in [3.63, 3.8) is 0 Å². The van der Waals surface area contributed by atoms with Gasteiger partial charge in [-0.1, -0.05) is 48.0 Å². The van der Waals surface area contributed by atoms with Crippen molar-refractivity contribution in [2.45, 2.75) is 38.3 Å². The Bertz CT molecular complexity index is 1250. The second-order valence-electron chi connectivity index (χ2n) is 8.08. The van der Waals surface area contributed by atoms with Crippen LogP contribution in [0.4, 0.5) is 10.5 Å². The molecule has 0 radical (unpaired) electrons. The highest BCUT2D eigenvalue weighted by Gasteiger charge is 2.21. The summed E-state index contributed by atoms with van der Waals surface area (Å²) in [5.74, 6) is -1.03. The molecule has 1 heterocycles. The van der Waals surface area contributed by atoms with Gasteiger partial charge in [-0.05, 0) is 59.7 Å². The van der Waals surface area contributed by atoms with E-state index in [1.54, 1.807) is 18.3 Å². The van der Waals surface area contributed by atoms with Crippen molar-refractivity contribution in [2.75, 3.05) is 5.32 Å². The number of pyridine rings is 1. The minimum Gasteiger partial charge on any atom is -0.481 e. The summed E-state index contributed by atoms with van der Waals surface area (Å²) in [6.07, 6.45) is 4.39. The topological polar surface area (TPSA) is 100 Å². The molecule has 1 atom stereocenters. The molecule has 3 aromatic rings. The third-order valence-electron chi connectivity index (χ3n) is 5.78. The largest absolute Gasteiger partial charge is 0.481 e. The number of hydrogen-bond donors (Lipinski definition) is 3. The number of urea groups is 1. The molecule has 170 valence electrons. The van der Waals surface area contributed by atoms with Crippen molar-refractivity contribution >= 4 is 29.3 Å². The van der Waals surface area contributed by atoms with Gasteiger partial charge in [0.15, 0.2) is 0 Å². The van der Waals surface area contributed by atoms with Crippen LogP contribution in [0.1, 0.15) is 41.1 Å². The van der Waals surface area contributed by atoms with E-state index in [1.165, 1.54) is 21.8 Å². The number of carbonyl (C=O) groups excluding carboxylic acids is 1. The number of fused-ring (bicyclic) bond motifs is 1. The monoisotopic (exact) mass is 465 g/mol. The number of aliphatic carboxylic acids is 1. The fourth-order valence-electron chi connectivity index (χ4n) is 4.12. The lowest BCUT2D eigenvalue weighted by atomic mass is 9.99. The van der Waals surface area contributed by atoms with Gasteiger partial charge in [0, 0.05) is 11.2 Å². The average molecular weight is 466 g/mol. The zero-order chi connectivity index (χ0) is 23.4. The molecule has 7 nitrogen and oxygen atoms in total. The number of carbonyl (C=O) groups is 2. The molecule has 2 amide bonds. The van der Waals surface area contributed by atoms with Gasteiger partial charge in [0.1, 0.15) is 5.69 Å². The highest BCUT2D eigenvalue weighted by molar-refractivity contribution is 6.31. The first kappa shape index (κ1) is 22.6. The summed E-state index contributed by atoms with van der Waals surface area (Å²) in [7, 11) is 0. The number of halogens is 1. The lowest BCUT2D eigenvalue weighted by Crippen LogP contribution is -2.36. The van der Waals surface area contributed by atoms with Crippen LogP contribution in [-0.2, 0) is 24.2 Å². The van der Waals surface area contributed by atoms with Crippen molar-refractivity contribution < 1.29 is 14.7 Å². The van der Waals surface area contributed by atoms with Crippen LogP contribution in [0.15, 0.2) is 65.6 Å². The Balaban J connectivity index is 1.50. The number of aromatic nitrogens is 1. The van der Waals surface area contributed by atoms with E-state index in [4.69, 9.17) is 11.6 Å². The van der Waals surface area contributed by atoms with Gasteiger partial charge in [-0.15, -0.1) is 0 Å². The highest BCUT2D eigenvalue weighted by atomic mass is 35.5. The predicted molar refractivity (Wildman–Crippen MR) is 127 cm³/mol. The summed E-state index contributed by atoms with van der Waals surface area (Å²) >= 11 is 6.20. The van der Waals surface area contributed by atoms with Crippen LogP contribution in [0.25, 0.3) is 0 Å². The molecule has 1 aromatic heterocycles. The molecule has 0 saturated carbocycles. The molecule has 3 N–H and O–H groups in total. The van der Waals surface area contributed by atoms with Crippen LogP contribution in [0.5, 0.6) is 0 Å². The van der Waals surface area contributed by atoms with Crippen molar-refractivity contribution in [1.29, 1.82) is 0 Å². The van der Waals surface area contributed by atoms with Crippen LogP contribution in [0, 0.1) is 0 Å². The minimum absolute atomic E-state index is 0.0880. The molecule has 0 saturated heterocycles. The number of benzene rings is 2. The Labute approximate surface area is 196 Å². The van der Waals surface area contributed by atoms with Crippen molar-refractivity contribution in [2.24, 2.45) is 0 Å². The summed E-state index contributed by atoms with van der Waals surface area (Å²) in [5.41, 5.74) is 3.67. The quantitative estimate of drug-likeness (QED) is 0.482. The summed E-state index contributed by atoms with van der Waals surface area (Å²) in [4.78, 5) is 37.0. The second-order valence-corrected chi connectivity index (χ2v) is 8.48. The zero-order valence-electron chi connectivity index (χ0n) is 17.9. The third-order valence-corrected chi connectivity index (χ3v) is 6.14. The van der Waals surface area contributed by atoms with Gasteiger partial charge >= 0.3 is 12.0 Å². The van der Waals surface area contributed by atoms with E-state index in [0.29, 0.717) is 5.02 Å². The van der Waals surface area contributed by atoms with E-state index >= 15 is 0 Å². The number of anilines is 1. The molecule has 0 aliphatic heterocycles. The summed E-state index contributed by atoms with van der Waals surface area (Å²) in [5, 5.41) is 15.2. The van der Waals surface area contributed by atoms with Crippen LogP contribution < -0.4 is 16.2 Å². The molecule has 0 bridgehead atoms. The lowest BCUT2D eigenvalue weighted by Gasteiger charge is -2.19. The molecule has 2 aromatic carbocycles. The number of nitrogens with zero attached hydrogens (tertiary/aromatic N) is 1. The highest BCUT2D eigenvalue weighted by Crippen LogP contribution is 2.27. The van der Waals surface area contributed by atoms with E-state index < -0.39 is 18.0 Å². The van der Waals surface area contributed by atoms with Crippen molar-refractivity contribution in [1.82, 2.24) is 9.88 Å². The van der Waals surface area contributed by atoms with Crippen LogP contribution in [0.3, 0.4) is 0 Å². The first-order valence-corrected chi connectivity index (χ1v) is 11.1. The molecule has 4 rings (SSSR count). The normalized spacial score (nSPS) is 13.2. The number of nitrogens with one attached hydrogen (secondary N) is 2. The Morgan fingerprint density at radius 2 is 1.85 bits per heavy atom. The first-order chi connectivity index (χ1) is 15.9. The number of amides is 2. The first-order valence-electron chi connectivity index (χ1n) is 10.7. The Hall–Kier alpha value is -3.58. The second kappa shape index (κ2) is 9.92. The summed E-state index contributed by atoms with van der Waals surface area (Å²) < 4.78 is 1.45. The number of rotatable bonds is 7. The van der Waals surface area contributed by atoms with Gasteiger partial charge in [-0.2, -0.15) is 0 Å². The fourth-order valence-corrected chi connectivity index (χ4v) is 4.31. The predicted octanol–water partition coefficient (Wildman–Crippen LogP) is 4.38. The van der Waals surface area contributed by atoms with Crippen LogP contribution in [-0.4, -0.2) is 21.7 Å². The van der Waals surface area contributed by atoms with E-state index in [-0.39, 0.29) is 24.2 Å². The maximum absolute atomic E-state index is 12.9. The molecular weight excluding hydrogens is 442 g/mol. The number of carboxylic acid groups (broad SMARTS) is 1. The van der Waals surface area contributed by atoms with Crippen LogP contribution >= 0.6 is 11.6 Å². The molecule has 1 aliphatic carbocycles. The van der Waals surface area contributed by atoms with Gasteiger partial charge in [0.05, 0.1) is 19.0 Å². The van der Waals surface area contributed by atoms with Gasteiger partial charge < -0.3 is 20.3 Å². The lowest BCUT2D eigenvalue weighted by molar-refractivity contribution is -0.137. The summed E-state index contributed by atoms with van der Waals surface area (Å²) in [6, 6.07) is 14.8. The van der Waals surface area contributed by atoms with Gasteiger partial charge in [-0.25, -0.2) is 4.79 Å². The average Bonchev–Trinajstić information content (AvgIpc) is 3.25. The standard InChI is InChI=1S/C25H24ClN3O4/c26-20-8-2-1-5-19(20)15-29-12-4-9-21(24(29)32)27-25(33)28-22(14-23(30)31)18-11-10-16-6-3-7-17(16)13-18/h1-2,4-5,8-13,22H,3,6-7,14-15H2,(H,30,31)(H2,27,28,33)/t22-/m0/s1. The Kier molecular flexibility index (Phi) is 6.79. The fraction of sp³-hybridized carbons (Fsp3) is 0.240. The maximum Gasteiger partial charge on any atom is 0.319 e. The van der Waals surface area contributed by atoms with E-state index in [0.717, 1.165) is 30.4 Å². The molecule has 1 aliphatic rings. The molecule has 0 spiro atoms. The third kappa shape index (κ3) is 5.43. The number of hydrogen-bond acceptors (Lipinski definition) is 3. The molecule has 0 fully saturated rings. The SMILES string of the molecule is O=C(O)C[C@H](NC(=O)Nc1cccn(Cc2ccccc2Cl)c1=O)c1ccc2c(c1)CCC2. The molecular formula is C25H24ClN3O4. The van der Waals surface area contributed by atoms with E-state index in [1.807, 2.05) is 36.4 Å². The maximum atomic E-state index is 12.9. The van der Waals surface area contributed by atoms with Crippen molar-refractivity contribution in [3.8, 4) is 0 Å². The van der Waals surface area contributed by atoms with Crippen LogP contribution in [0.2, 0.25) is 5.02 Å². The smallest absolute Gasteiger partial charge is 0.319 e. The summed E-state index contributed by atoms with van der Waals surface area (Å²) in [6.45, 7) is 0.256. The molecule has 33 heavy (non-hydrogen) atoms. The number of aryl methyl sites for hydroxylation is 2. The minimum atomic E-state index is -1.03. The molecule has 0 unspecified atom stereocenters. The van der Waals surface area contributed by atoms with Crippen molar-refractivity contribution in [3.05, 3.63) is 98.4 Å². The van der Waals surface area contributed by atoms with E-state index in [9.17, 15) is 19.5 Å².